The van der Waals surface area contributed by atoms with Gasteiger partial charge < -0.3 is 15.2 Å². The number of benzene rings is 1. The van der Waals surface area contributed by atoms with Crippen molar-refractivity contribution in [3.8, 4) is 0 Å². The lowest BCUT2D eigenvalue weighted by Gasteiger charge is -2.18. The second kappa shape index (κ2) is 6.14. The van der Waals surface area contributed by atoms with Gasteiger partial charge in [-0.05, 0) is 42.7 Å². The minimum absolute atomic E-state index is 0.237. The van der Waals surface area contributed by atoms with Crippen LogP contribution in [0.2, 0.25) is 0 Å². The SMILES string of the molecule is CC(NCc1cc[nH]c1)c1ccc(N2CCCC2=O)cc1. The molecule has 1 aliphatic rings. The van der Waals surface area contributed by atoms with Crippen LogP contribution in [0.25, 0.3) is 0 Å². The van der Waals surface area contributed by atoms with E-state index in [-0.39, 0.29) is 11.9 Å². The van der Waals surface area contributed by atoms with Crippen LogP contribution in [0.3, 0.4) is 0 Å². The van der Waals surface area contributed by atoms with E-state index in [9.17, 15) is 4.79 Å². The zero-order valence-electron chi connectivity index (χ0n) is 12.3. The van der Waals surface area contributed by atoms with Gasteiger partial charge in [-0.2, -0.15) is 0 Å². The van der Waals surface area contributed by atoms with E-state index in [0.717, 1.165) is 25.2 Å². The standard InChI is InChI=1S/C17H21N3O/c1-13(19-12-14-8-9-18-11-14)15-4-6-16(7-5-15)20-10-2-3-17(20)21/h4-9,11,13,18-19H,2-3,10,12H2,1H3. The Morgan fingerprint density at radius 2 is 2.10 bits per heavy atom. The lowest BCUT2D eigenvalue weighted by molar-refractivity contribution is -0.117. The van der Waals surface area contributed by atoms with Gasteiger partial charge in [0.15, 0.2) is 0 Å². The van der Waals surface area contributed by atoms with E-state index in [0.29, 0.717) is 6.42 Å². The molecule has 2 aromatic rings. The van der Waals surface area contributed by atoms with Crippen LogP contribution in [0.1, 0.15) is 36.9 Å². The fraction of sp³-hybridized carbons (Fsp3) is 0.353. The number of aromatic nitrogens is 1. The monoisotopic (exact) mass is 283 g/mol. The molecular weight excluding hydrogens is 262 g/mol. The van der Waals surface area contributed by atoms with Crippen molar-refractivity contribution in [2.75, 3.05) is 11.4 Å². The number of anilines is 1. The number of H-pyrrole nitrogens is 1. The third-order valence-corrected chi connectivity index (χ3v) is 4.05. The molecule has 0 saturated carbocycles. The number of nitrogens with one attached hydrogen (secondary N) is 2. The summed E-state index contributed by atoms with van der Waals surface area (Å²) in [5, 5.41) is 3.50. The molecule has 0 radical (unpaired) electrons. The first-order valence-corrected chi connectivity index (χ1v) is 7.49. The van der Waals surface area contributed by atoms with Gasteiger partial charge in [0.25, 0.3) is 0 Å². The molecule has 1 unspecified atom stereocenters. The second-order valence-corrected chi connectivity index (χ2v) is 5.56. The smallest absolute Gasteiger partial charge is 0.227 e. The summed E-state index contributed by atoms with van der Waals surface area (Å²) in [7, 11) is 0. The van der Waals surface area contributed by atoms with Gasteiger partial charge in [-0.25, -0.2) is 0 Å². The Morgan fingerprint density at radius 3 is 2.71 bits per heavy atom. The van der Waals surface area contributed by atoms with Crippen LogP contribution in [0, 0.1) is 0 Å². The van der Waals surface area contributed by atoms with Gasteiger partial charge in [-0.3, -0.25) is 4.79 Å². The fourth-order valence-electron chi connectivity index (χ4n) is 2.72. The molecule has 0 aliphatic carbocycles. The van der Waals surface area contributed by atoms with Gasteiger partial charge in [0.1, 0.15) is 0 Å². The number of aromatic amines is 1. The summed E-state index contributed by atoms with van der Waals surface area (Å²) in [5.41, 5.74) is 3.50. The van der Waals surface area contributed by atoms with E-state index in [1.165, 1.54) is 11.1 Å². The minimum atomic E-state index is 0.237. The Balaban J connectivity index is 1.62. The molecule has 3 rings (SSSR count). The van der Waals surface area contributed by atoms with Crippen LogP contribution in [0.4, 0.5) is 5.69 Å². The number of rotatable bonds is 5. The maximum atomic E-state index is 11.7. The molecular formula is C17H21N3O. The molecule has 1 aromatic heterocycles. The maximum absolute atomic E-state index is 11.7. The number of amides is 1. The largest absolute Gasteiger partial charge is 0.367 e. The van der Waals surface area contributed by atoms with E-state index >= 15 is 0 Å². The molecule has 1 atom stereocenters. The Kier molecular flexibility index (Phi) is 4.06. The lowest BCUT2D eigenvalue weighted by Crippen LogP contribution is -2.23. The van der Waals surface area contributed by atoms with Crippen molar-refractivity contribution >= 4 is 11.6 Å². The summed E-state index contributed by atoms with van der Waals surface area (Å²) in [6.45, 7) is 3.85. The van der Waals surface area contributed by atoms with Gasteiger partial charge in [-0.1, -0.05) is 12.1 Å². The number of hydrogen-bond donors (Lipinski definition) is 2. The van der Waals surface area contributed by atoms with Gasteiger partial charge >= 0.3 is 0 Å². The average Bonchev–Trinajstić information content (AvgIpc) is 3.16. The summed E-state index contributed by atoms with van der Waals surface area (Å²) in [4.78, 5) is 16.7. The van der Waals surface area contributed by atoms with Crippen molar-refractivity contribution in [2.24, 2.45) is 0 Å². The van der Waals surface area contributed by atoms with E-state index in [4.69, 9.17) is 0 Å². The summed E-state index contributed by atoms with van der Waals surface area (Å²) >= 11 is 0. The summed E-state index contributed by atoms with van der Waals surface area (Å²) in [6, 6.07) is 10.7. The van der Waals surface area contributed by atoms with Gasteiger partial charge in [0.2, 0.25) is 5.91 Å². The van der Waals surface area contributed by atoms with Crippen molar-refractivity contribution in [2.45, 2.75) is 32.4 Å². The highest BCUT2D eigenvalue weighted by molar-refractivity contribution is 5.95. The first-order valence-electron chi connectivity index (χ1n) is 7.49. The highest BCUT2D eigenvalue weighted by atomic mass is 16.2. The predicted octanol–water partition coefficient (Wildman–Crippen LogP) is 2.99. The zero-order chi connectivity index (χ0) is 14.7. The van der Waals surface area contributed by atoms with Crippen LogP contribution in [0.5, 0.6) is 0 Å². The van der Waals surface area contributed by atoms with Crippen LogP contribution < -0.4 is 10.2 Å². The van der Waals surface area contributed by atoms with E-state index < -0.39 is 0 Å². The third kappa shape index (κ3) is 3.16. The molecule has 4 nitrogen and oxygen atoms in total. The summed E-state index contributed by atoms with van der Waals surface area (Å²) in [6.07, 6.45) is 5.58. The minimum Gasteiger partial charge on any atom is -0.367 e. The molecule has 110 valence electrons. The molecule has 1 aromatic carbocycles. The Bertz CT molecular complexity index is 589. The Labute approximate surface area is 125 Å². The van der Waals surface area contributed by atoms with E-state index in [1.54, 1.807) is 0 Å². The maximum Gasteiger partial charge on any atom is 0.227 e. The van der Waals surface area contributed by atoms with Crippen molar-refractivity contribution < 1.29 is 4.79 Å². The molecule has 1 aliphatic heterocycles. The molecule has 4 heteroatoms. The van der Waals surface area contributed by atoms with Crippen LogP contribution in [-0.4, -0.2) is 17.4 Å². The molecule has 2 heterocycles. The lowest BCUT2D eigenvalue weighted by atomic mass is 10.1. The molecule has 1 amide bonds. The highest BCUT2D eigenvalue weighted by Crippen LogP contribution is 2.23. The Morgan fingerprint density at radius 1 is 1.29 bits per heavy atom. The van der Waals surface area contributed by atoms with Crippen LogP contribution in [-0.2, 0) is 11.3 Å². The normalized spacial score (nSPS) is 16.4. The van der Waals surface area contributed by atoms with Gasteiger partial charge in [0, 0.05) is 43.6 Å². The number of carbonyl (C=O) groups excluding carboxylic acids is 1. The molecule has 0 spiro atoms. The molecule has 1 saturated heterocycles. The fourth-order valence-corrected chi connectivity index (χ4v) is 2.72. The number of nitrogens with zero attached hydrogens (tertiary/aromatic N) is 1. The van der Waals surface area contributed by atoms with E-state index in [2.05, 4.69) is 35.4 Å². The van der Waals surface area contributed by atoms with Gasteiger partial charge in [0.05, 0.1) is 0 Å². The summed E-state index contributed by atoms with van der Waals surface area (Å²) < 4.78 is 0. The number of carbonyl (C=O) groups is 1. The molecule has 21 heavy (non-hydrogen) atoms. The topological polar surface area (TPSA) is 48.1 Å². The van der Waals surface area contributed by atoms with E-state index in [1.807, 2.05) is 29.4 Å². The second-order valence-electron chi connectivity index (χ2n) is 5.56. The predicted molar refractivity (Wildman–Crippen MR) is 84.1 cm³/mol. The quantitative estimate of drug-likeness (QED) is 0.886. The van der Waals surface area contributed by atoms with Crippen molar-refractivity contribution in [3.05, 3.63) is 53.9 Å². The zero-order valence-corrected chi connectivity index (χ0v) is 12.3. The number of hydrogen-bond acceptors (Lipinski definition) is 2. The average molecular weight is 283 g/mol. The van der Waals surface area contributed by atoms with Crippen molar-refractivity contribution in [3.63, 3.8) is 0 Å². The van der Waals surface area contributed by atoms with Crippen LogP contribution in [0.15, 0.2) is 42.7 Å². The first-order chi connectivity index (χ1) is 10.2. The first kappa shape index (κ1) is 13.9. The summed E-state index contributed by atoms with van der Waals surface area (Å²) in [5.74, 6) is 0.237. The van der Waals surface area contributed by atoms with Crippen molar-refractivity contribution in [1.82, 2.24) is 10.3 Å². The molecule has 1 fully saturated rings. The molecule has 0 bridgehead atoms. The Hall–Kier alpha value is -2.07. The van der Waals surface area contributed by atoms with Gasteiger partial charge in [-0.15, -0.1) is 0 Å². The third-order valence-electron chi connectivity index (χ3n) is 4.05. The highest BCUT2D eigenvalue weighted by Gasteiger charge is 2.21. The van der Waals surface area contributed by atoms with Crippen LogP contribution >= 0.6 is 0 Å². The molecule has 2 N–H and O–H groups in total. The van der Waals surface area contributed by atoms with Crippen molar-refractivity contribution in [1.29, 1.82) is 0 Å².